The summed E-state index contributed by atoms with van der Waals surface area (Å²) in [5, 5.41) is 4.26. The molecule has 3 aromatic rings. The number of thiophene rings is 1. The maximum Gasteiger partial charge on any atom is 0.225 e. The largest absolute Gasteiger partial charge is 0.324 e. The van der Waals surface area contributed by atoms with E-state index in [1.807, 2.05) is 6.92 Å². The van der Waals surface area contributed by atoms with Gasteiger partial charge in [-0.3, -0.25) is 4.79 Å². The van der Waals surface area contributed by atoms with E-state index in [0.717, 1.165) is 10.4 Å². The van der Waals surface area contributed by atoms with Crippen LogP contribution in [-0.4, -0.2) is 14.3 Å². The normalized spacial score (nSPS) is 16.7. The molecule has 0 aliphatic carbocycles. The molecule has 0 saturated heterocycles. The number of nitrogens with one attached hydrogen (secondary N) is 1. The summed E-state index contributed by atoms with van der Waals surface area (Å²) in [6.45, 7) is 1.88. The van der Waals surface area contributed by atoms with Gasteiger partial charge in [0.15, 0.2) is 0 Å². The van der Waals surface area contributed by atoms with Crippen molar-refractivity contribution >= 4 is 32.8 Å². The fourth-order valence-electron chi connectivity index (χ4n) is 3.24. The molecule has 4 rings (SSSR count). The van der Waals surface area contributed by atoms with Gasteiger partial charge in [-0.25, -0.2) is 12.8 Å². The molecule has 1 atom stereocenters. The fraction of sp³-hybridized carbons (Fsp3) is 0.150. The second kappa shape index (κ2) is 6.58. The summed E-state index contributed by atoms with van der Waals surface area (Å²) in [7, 11) is -3.77. The van der Waals surface area contributed by atoms with Crippen LogP contribution in [0.25, 0.3) is 0 Å². The minimum Gasteiger partial charge on any atom is -0.324 e. The Kier molecular flexibility index (Phi) is 4.36. The van der Waals surface area contributed by atoms with Crippen molar-refractivity contribution in [2.45, 2.75) is 29.1 Å². The number of rotatable bonds is 3. The van der Waals surface area contributed by atoms with Gasteiger partial charge in [-0.2, -0.15) is 0 Å². The highest BCUT2D eigenvalue weighted by Gasteiger charge is 2.34. The number of amides is 1. The zero-order chi connectivity index (χ0) is 19.2. The number of hydrogen-bond donors (Lipinski definition) is 1. The van der Waals surface area contributed by atoms with E-state index in [-0.39, 0.29) is 33.9 Å². The molecular formula is C20H16FNO3S2. The molecule has 1 aliphatic heterocycles. The topological polar surface area (TPSA) is 63.2 Å². The Balaban J connectivity index is 1.83. The summed E-state index contributed by atoms with van der Waals surface area (Å²) in [6, 6.07) is 12.7. The molecule has 4 nitrogen and oxygen atoms in total. The Morgan fingerprint density at radius 2 is 1.89 bits per heavy atom. The van der Waals surface area contributed by atoms with Crippen LogP contribution in [-0.2, 0) is 14.6 Å². The quantitative estimate of drug-likeness (QED) is 0.703. The lowest BCUT2D eigenvalue weighted by Gasteiger charge is -2.23. The molecule has 2 heterocycles. The van der Waals surface area contributed by atoms with Crippen LogP contribution >= 0.6 is 11.3 Å². The van der Waals surface area contributed by atoms with E-state index < -0.39 is 9.84 Å². The van der Waals surface area contributed by atoms with Crippen molar-refractivity contribution in [1.82, 2.24) is 0 Å². The van der Waals surface area contributed by atoms with Gasteiger partial charge in [0.25, 0.3) is 0 Å². The third kappa shape index (κ3) is 3.17. The molecule has 0 fully saturated rings. The Hall–Kier alpha value is -2.51. The van der Waals surface area contributed by atoms with Crippen LogP contribution in [0.1, 0.15) is 28.3 Å². The molecule has 0 spiro atoms. The van der Waals surface area contributed by atoms with Crippen molar-refractivity contribution in [2.75, 3.05) is 5.32 Å². The number of carbonyl (C=O) groups excluding carboxylic acids is 1. The molecule has 7 heteroatoms. The van der Waals surface area contributed by atoms with Crippen molar-refractivity contribution in [3.05, 3.63) is 75.7 Å². The first-order valence-corrected chi connectivity index (χ1v) is 10.7. The van der Waals surface area contributed by atoms with Gasteiger partial charge in [0, 0.05) is 22.6 Å². The van der Waals surface area contributed by atoms with Gasteiger partial charge in [0.1, 0.15) is 10.7 Å². The van der Waals surface area contributed by atoms with Crippen molar-refractivity contribution in [1.29, 1.82) is 0 Å². The maximum atomic E-state index is 13.7. The minimum absolute atomic E-state index is 0.0841. The molecule has 0 bridgehead atoms. The van der Waals surface area contributed by atoms with Crippen molar-refractivity contribution in [3.8, 4) is 0 Å². The first-order valence-electron chi connectivity index (χ1n) is 8.35. The van der Waals surface area contributed by atoms with E-state index in [2.05, 4.69) is 5.32 Å². The zero-order valence-electron chi connectivity index (χ0n) is 14.4. The Morgan fingerprint density at radius 3 is 2.59 bits per heavy atom. The number of halogens is 1. The van der Waals surface area contributed by atoms with Gasteiger partial charge in [-0.05, 0) is 36.8 Å². The van der Waals surface area contributed by atoms with Gasteiger partial charge in [-0.15, -0.1) is 11.3 Å². The van der Waals surface area contributed by atoms with Crippen LogP contribution in [0.4, 0.5) is 10.1 Å². The van der Waals surface area contributed by atoms with Gasteiger partial charge in [0.2, 0.25) is 15.7 Å². The van der Waals surface area contributed by atoms with Crippen molar-refractivity contribution < 1.29 is 17.6 Å². The number of benzene rings is 2. The highest BCUT2D eigenvalue weighted by molar-refractivity contribution is 7.91. The second-order valence-electron chi connectivity index (χ2n) is 6.52. The molecule has 138 valence electrons. The molecule has 27 heavy (non-hydrogen) atoms. The summed E-state index contributed by atoms with van der Waals surface area (Å²) >= 11 is 1.27. The summed E-state index contributed by atoms with van der Waals surface area (Å²) in [6.07, 6.45) is 0.154. The van der Waals surface area contributed by atoms with E-state index in [9.17, 15) is 17.6 Å². The van der Waals surface area contributed by atoms with Crippen LogP contribution in [0.5, 0.6) is 0 Å². The van der Waals surface area contributed by atoms with E-state index in [4.69, 9.17) is 0 Å². The predicted molar refractivity (Wildman–Crippen MR) is 102 cm³/mol. The molecule has 1 N–H and O–H groups in total. The SMILES string of the molecule is Cc1ccc(S(=O)(=O)c2csc3c2NC(=O)C[C@@H]3c2cccc(F)c2)cc1. The van der Waals surface area contributed by atoms with Crippen LogP contribution < -0.4 is 5.32 Å². The van der Waals surface area contributed by atoms with Crippen LogP contribution in [0.2, 0.25) is 0 Å². The van der Waals surface area contributed by atoms with E-state index in [0.29, 0.717) is 11.3 Å². The van der Waals surface area contributed by atoms with Crippen LogP contribution in [0, 0.1) is 12.7 Å². The lowest BCUT2D eigenvalue weighted by molar-refractivity contribution is -0.116. The zero-order valence-corrected chi connectivity index (χ0v) is 16.0. The predicted octanol–water partition coefficient (Wildman–Crippen LogP) is 4.50. The molecule has 0 saturated carbocycles. The fourth-order valence-corrected chi connectivity index (χ4v) is 6.15. The number of hydrogen-bond acceptors (Lipinski definition) is 4. The number of sulfone groups is 1. The number of carbonyl (C=O) groups is 1. The molecule has 1 aromatic heterocycles. The van der Waals surface area contributed by atoms with Gasteiger partial charge in [0.05, 0.1) is 10.6 Å². The van der Waals surface area contributed by atoms with Crippen molar-refractivity contribution in [2.24, 2.45) is 0 Å². The molecular weight excluding hydrogens is 385 g/mol. The van der Waals surface area contributed by atoms with Crippen LogP contribution in [0.15, 0.2) is 63.7 Å². The second-order valence-corrected chi connectivity index (χ2v) is 9.34. The minimum atomic E-state index is -3.77. The molecule has 1 aliphatic rings. The third-order valence-electron chi connectivity index (χ3n) is 4.63. The molecule has 0 unspecified atom stereocenters. The maximum absolute atomic E-state index is 13.7. The van der Waals surface area contributed by atoms with Gasteiger partial charge >= 0.3 is 0 Å². The van der Waals surface area contributed by atoms with E-state index in [1.165, 1.54) is 23.5 Å². The summed E-state index contributed by atoms with van der Waals surface area (Å²) in [5.41, 5.74) is 1.93. The standard InChI is InChI=1S/C20H16FNO3S2/c1-12-5-7-15(8-6-12)27(24,25)17-11-26-20-16(10-18(23)22-19(17)20)13-3-2-4-14(21)9-13/h2-9,11,16H,10H2,1H3,(H,22,23)/t16-/m1/s1. The van der Waals surface area contributed by atoms with Gasteiger partial charge < -0.3 is 5.32 Å². The van der Waals surface area contributed by atoms with Crippen molar-refractivity contribution in [3.63, 3.8) is 0 Å². The highest BCUT2D eigenvalue weighted by Crippen LogP contribution is 2.45. The summed E-state index contributed by atoms with van der Waals surface area (Å²) in [5.74, 6) is -1.03. The number of aryl methyl sites for hydroxylation is 1. The van der Waals surface area contributed by atoms with Gasteiger partial charge in [-0.1, -0.05) is 29.8 Å². The highest BCUT2D eigenvalue weighted by atomic mass is 32.2. The number of anilines is 1. The average molecular weight is 401 g/mol. The number of fused-ring (bicyclic) bond motifs is 1. The van der Waals surface area contributed by atoms with Crippen LogP contribution in [0.3, 0.4) is 0 Å². The van der Waals surface area contributed by atoms with E-state index in [1.54, 1.807) is 41.8 Å². The lowest BCUT2D eigenvalue weighted by atomic mass is 9.91. The Bertz CT molecular complexity index is 1130. The smallest absolute Gasteiger partial charge is 0.225 e. The molecule has 1 amide bonds. The molecule has 0 radical (unpaired) electrons. The third-order valence-corrected chi connectivity index (χ3v) is 7.67. The van der Waals surface area contributed by atoms with E-state index >= 15 is 0 Å². The lowest BCUT2D eigenvalue weighted by Crippen LogP contribution is -2.23. The Morgan fingerprint density at radius 1 is 1.15 bits per heavy atom. The molecule has 2 aromatic carbocycles. The summed E-state index contributed by atoms with van der Waals surface area (Å²) in [4.78, 5) is 13.2. The monoisotopic (exact) mass is 401 g/mol. The first-order chi connectivity index (χ1) is 12.9. The first kappa shape index (κ1) is 17.9. The average Bonchev–Trinajstić information content (AvgIpc) is 3.06. The Labute approximate surface area is 160 Å². The summed E-state index contributed by atoms with van der Waals surface area (Å²) < 4.78 is 39.8.